The predicted octanol–water partition coefficient (Wildman–Crippen LogP) is 3.16. The zero-order chi connectivity index (χ0) is 19.1. The Morgan fingerprint density at radius 2 is 1.04 bits per heavy atom. The third-order valence-electron chi connectivity index (χ3n) is 3.75. The monoisotopic (exact) mass is 392 g/mol. The molecule has 0 aliphatic rings. The number of hydrogen-bond donors (Lipinski definition) is 4. The Hall–Kier alpha value is -2.00. The van der Waals surface area contributed by atoms with Gasteiger partial charge in [0.25, 0.3) is 0 Å². The minimum atomic E-state index is -0.958. The summed E-state index contributed by atoms with van der Waals surface area (Å²) in [6.45, 7) is 0. The lowest BCUT2D eigenvalue weighted by molar-refractivity contribution is 0.0686. The van der Waals surface area contributed by atoms with Gasteiger partial charge in [-0.15, -0.1) is 0 Å². The van der Waals surface area contributed by atoms with Gasteiger partial charge < -0.3 is 21.7 Å². The normalized spacial score (nSPS) is 13.2. The van der Waals surface area contributed by atoms with Gasteiger partial charge in [0.2, 0.25) is 0 Å². The highest BCUT2D eigenvalue weighted by molar-refractivity contribution is 8.76. The van der Waals surface area contributed by atoms with Crippen molar-refractivity contribution in [3.05, 3.63) is 70.8 Å². The minimum Gasteiger partial charge on any atom is -0.478 e. The standard InChI is InChI=1S/C18H20N2O4S2/c19-15(11-1-5-13(6-2-11)17(21)22)9-25-26-10-16(20)12-3-7-14(8-4-12)18(23)24/h1-8,15-16H,9-10,19-20H2,(H,21,22)(H,23,24)/t15-,16-/m0/s1. The zero-order valence-electron chi connectivity index (χ0n) is 13.9. The van der Waals surface area contributed by atoms with Gasteiger partial charge in [-0.25, -0.2) is 9.59 Å². The second kappa shape index (κ2) is 9.63. The third-order valence-corrected chi connectivity index (χ3v) is 6.22. The van der Waals surface area contributed by atoms with E-state index in [4.69, 9.17) is 21.7 Å². The summed E-state index contributed by atoms with van der Waals surface area (Å²) in [4.78, 5) is 21.7. The molecule has 0 bridgehead atoms. The first-order chi connectivity index (χ1) is 12.4. The first-order valence-electron chi connectivity index (χ1n) is 7.80. The van der Waals surface area contributed by atoms with Crippen molar-refractivity contribution in [1.82, 2.24) is 0 Å². The molecule has 0 aliphatic carbocycles. The highest BCUT2D eigenvalue weighted by Gasteiger charge is 2.11. The van der Waals surface area contributed by atoms with Crippen LogP contribution in [0, 0.1) is 0 Å². The Balaban J connectivity index is 1.76. The summed E-state index contributed by atoms with van der Waals surface area (Å²) < 4.78 is 0. The number of rotatable bonds is 9. The number of nitrogens with two attached hydrogens (primary N) is 2. The highest BCUT2D eigenvalue weighted by Crippen LogP contribution is 2.29. The number of carbonyl (C=O) groups is 2. The van der Waals surface area contributed by atoms with Gasteiger partial charge in [-0.2, -0.15) is 0 Å². The molecular weight excluding hydrogens is 372 g/mol. The molecular formula is C18H20N2O4S2. The van der Waals surface area contributed by atoms with Gasteiger partial charge in [0.05, 0.1) is 11.1 Å². The van der Waals surface area contributed by atoms with Crippen molar-refractivity contribution in [3.8, 4) is 0 Å². The summed E-state index contributed by atoms with van der Waals surface area (Å²) in [5.41, 5.74) is 14.5. The van der Waals surface area contributed by atoms with Crippen molar-refractivity contribution in [2.24, 2.45) is 11.5 Å². The lowest BCUT2D eigenvalue weighted by Gasteiger charge is -2.14. The summed E-state index contributed by atoms with van der Waals surface area (Å²) in [5, 5.41) is 17.8. The largest absolute Gasteiger partial charge is 0.478 e. The van der Waals surface area contributed by atoms with Crippen molar-refractivity contribution < 1.29 is 19.8 Å². The van der Waals surface area contributed by atoms with Gasteiger partial charge in [0, 0.05) is 23.6 Å². The summed E-state index contributed by atoms with van der Waals surface area (Å²) in [7, 11) is 3.20. The van der Waals surface area contributed by atoms with E-state index < -0.39 is 11.9 Å². The fraction of sp³-hybridized carbons (Fsp3) is 0.222. The molecule has 0 heterocycles. The van der Waals surface area contributed by atoms with Gasteiger partial charge in [0.1, 0.15) is 0 Å². The van der Waals surface area contributed by atoms with E-state index in [0.717, 1.165) is 11.1 Å². The molecule has 2 atom stereocenters. The van der Waals surface area contributed by atoms with Crippen LogP contribution >= 0.6 is 21.6 Å². The number of carboxylic acids is 2. The summed E-state index contributed by atoms with van der Waals surface area (Å²) in [6.07, 6.45) is 0. The third kappa shape index (κ3) is 5.77. The van der Waals surface area contributed by atoms with Crippen LogP contribution < -0.4 is 11.5 Å². The van der Waals surface area contributed by atoms with Crippen LogP contribution in [0.3, 0.4) is 0 Å². The first kappa shape index (κ1) is 20.3. The summed E-state index contributed by atoms with van der Waals surface area (Å²) in [5.74, 6) is -0.579. The van der Waals surface area contributed by atoms with E-state index in [1.165, 1.54) is 0 Å². The number of hydrogen-bond acceptors (Lipinski definition) is 6. The van der Waals surface area contributed by atoms with E-state index in [2.05, 4.69) is 0 Å². The molecule has 0 saturated heterocycles. The molecule has 0 spiro atoms. The van der Waals surface area contributed by atoms with Crippen LogP contribution in [0.5, 0.6) is 0 Å². The van der Waals surface area contributed by atoms with Crippen LogP contribution in [-0.2, 0) is 0 Å². The van der Waals surface area contributed by atoms with Crippen LogP contribution in [0.15, 0.2) is 48.5 Å². The fourth-order valence-electron chi connectivity index (χ4n) is 2.18. The number of carboxylic acid groups (broad SMARTS) is 2. The summed E-state index contributed by atoms with van der Waals surface area (Å²) >= 11 is 0. The smallest absolute Gasteiger partial charge is 0.335 e. The van der Waals surface area contributed by atoms with Gasteiger partial charge in [-0.1, -0.05) is 45.9 Å². The Morgan fingerprint density at radius 3 is 1.31 bits per heavy atom. The topological polar surface area (TPSA) is 127 Å². The minimum absolute atomic E-state index is 0.193. The average molecular weight is 393 g/mol. The van der Waals surface area contributed by atoms with Crippen molar-refractivity contribution >= 4 is 33.5 Å². The first-order valence-corrected chi connectivity index (χ1v) is 10.3. The van der Waals surface area contributed by atoms with Crippen molar-refractivity contribution in [2.75, 3.05) is 11.5 Å². The lowest BCUT2D eigenvalue weighted by atomic mass is 10.1. The molecule has 0 fully saturated rings. The molecule has 2 aromatic carbocycles. The molecule has 0 saturated carbocycles. The predicted molar refractivity (Wildman–Crippen MR) is 106 cm³/mol. The van der Waals surface area contributed by atoms with E-state index in [9.17, 15) is 9.59 Å². The van der Waals surface area contributed by atoms with Crippen molar-refractivity contribution in [1.29, 1.82) is 0 Å². The van der Waals surface area contributed by atoms with Crippen LogP contribution in [0.2, 0.25) is 0 Å². The van der Waals surface area contributed by atoms with Crippen molar-refractivity contribution in [2.45, 2.75) is 12.1 Å². The molecule has 2 rings (SSSR count). The molecule has 0 unspecified atom stereocenters. The van der Waals surface area contributed by atoms with Gasteiger partial charge in [-0.05, 0) is 35.4 Å². The molecule has 138 valence electrons. The number of benzene rings is 2. The lowest BCUT2D eigenvalue weighted by Crippen LogP contribution is -2.14. The molecule has 0 radical (unpaired) electrons. The van der Waals surface area contributed by atoms with E-state index >= 15 is 0 Å². The van der Waals surface area contributed by atoms with Gasteiger partial charge >= 0.3 is 11.9 Å². The molecule has 8 heteroatoms. The summed E-state index contributed by atoms with van der Waals surface area (Å²) in [6, 6.07) is 12.7. The van der Waals surface area contributed by atoms with E-state index in [-0.39, 0.29) is 23.2 Å². The van der Waals surface area contributed by atoms with Gasteiger partial charge in [0.15, 0.2) is 0 Å². The molecule has 26 heavy (non-hydrogen) atoms. The van der Waals surface area contributed by atoms with Crippen molar-refractivity contribution in [3.63, 3.8) is 0 Å². The molecule has 6 nitrogen and oxygen atoms in total. The van der Waals surface area contributed by atoms with E-state index in [1.54, 1.807) is 70.1 Å². The maximum absolute atomic E-state index is 10.8. The second-order valence-electron chi connectivity index (χ2n) is 5.64. The maximum atomic E-state index is 10.8. The Kier molecular flexibility index (Phi) is 7.52. The Labute approximate surface area is 159 Å². The highest BCUT2D eigenvalue weighted by atomic mass is 33.1. The Bertz CT molecular complexity index is 685. The Morgan fingerprint density at radius 1 is 0.731 bits per heavy atom. The molecule has 0 aliphatic heterocycles. The van der Waals surface area contributed by atoms with Crippen LogP contribution in [0.25, 0.3) is 0 Å². The molecule has 6 N–H and O–H groups in total. The van der Waals surface area contributed by atoms with Crippen LogP contribution in [-0.4, -0.2) is 33.7 Å². The maximum Gasteiger partial charge on any atom is 0.335 e. The SMILES string of the molecule is N[C@@H](CSSC[C@H](N)c1ccc(C(=O)O)cc1)c1ccc(C(=O)O)cc1. The van der Waals surface area contributed by atoms with E-state index in [0.29, 0.717) is 11.5 Å². The fourth-order valence-corrected chi connectivity index (χ4v) is 4.51. The quantitative estimate of drug-likeness (QED) is 0.379. The van der Waals surface area contributed by atoms with Crippen LogP contribution in [0.4, 0.5) is 0 Å². The number of aromatic carboxylic acids is 2. The van der Waals surface area contributed by atoms with Crippen LogP contribution in [0.1, 0.15) is 43.9 Å². The molecule has 2 aromatic rings. The van der Waals surface area contributed by atoms with Gasteiger partial charge in [-0.3, -0.25) is 0 Å². The zero-order valence-corrected chi connectivity index (χ0v) is 15.5. The van der Waals surface area contributed by atoms with E-state index in [1.807, 2.05) is 0 Å². The molecule has 0 amide bonds. The molecule has 0 aromatic heterocycles. The second-order valence-corrected chi connectivity index (χ2v) is 8.19. The average Bonchev–Trinajstić information content (AvgIpc) is 2.65.